The molecule has 0 saturated heterocycles. The molecular formula is C21H25NO4S. The number of carbonyl (C=O) groups is 2. The van der Waals surface area contributed by atoms with Crippen molar-refractivity contribution in [2.45, 2.75) is 39.5 Å². The van der Waals surface area contributed by atoms with Gasteiger partial charge in [-0.1, -0.05) is 25.5 Å². The third-order valence-electron chi connectivity index (χ3n) is 4.95. The molecule has 27 heavy (non-hydrogen) atoms. The molecule has 1 heterocycles. The van der Waals surface area contributed by atoms with E-state index in [4.69, 9.17) is 9.47 Å². The van der Waals surface area contributed by atoms with Crippen LogP contribution in [0.1, 0.15) is 46.1 Å². The molecule has 144 valence electrons. The van der Waals surface area contributed by atoms with E-state index in [-0.39, 0.29) is 12.5 Å². The maximum atomic E-state index is 12.4. The first-order valence-corrected chi connectivity index (χ1v) is 10.1. The summed E-state index contributed by atoms with van der Waals surface area (Å²) in [6.07, 6.45) is 3.99. The van der Waals surface area contributed by atoms with Gasteiger partial charge in [-0.3, -0.25) is 4.79 Å². The van der Waals surface area contributed by atoms with Crippen molar-refractivity contribution < 1.29 is 19.1 Å². The molecule has 3 rings (SSSR count). The molecule has 0 radical (unpaired) electrons. The lowest BCUT2D eigenvalue weighted by Gasteiger charge is -2.20. The fourth-order valence-electron chi connectivity index (χ4n) is 3.43. The Morgan fingerprint density at radius 3 is 2.85 bits per heavy atom. The number of anilines is 1. The van der Waals surface area contributed by atoms with Gasteiger partial charge in [0.2, 0.25) is 0 Å². The molecule has 6 heteroatoms. The Labute approximate surface area is 163 Å². The topological polar surface area (TPSA) is 64.6 Å². The maximum Gasteiger partial charge on any atom is 0.341 e. The summed E-state index contributed by atoms with van der Waals surface area (Å²) in [5, 5.41) is 3.43. The third kappa shape index (κ3) is 4.50. The van der Waals surface area contributed by atoms with Gasteiger partial charge in [-0.05, 0) is 55.4 Å². The van der Waals surface area contributed by atoms with E-state index >= 15 is 0 Å². The fourth-order valence-corrected chi connectivity index (χ4v) is 4.79. The second-order valence-corrected chi connectivity index (χ2v) is 7.98. The van der Waals surface area contributed by atoms with Gasteiger partial charge < -0.3 is 14.8 Å². The molecule has 1 aliphatic rings. The number of carbonyl (C=O) groups excluding carboxylic acids is 2. The van der Waals surface area contributed by atoms with Gasteiger partial charge in [0.15, 0.2) is 6.61 Å². The van der Waals surface area contributed by atoms with Crippen LogP contribution in [0.3, 0.4) is 0 Å². The van der Waals surface area contributed by atoms with Crippen molar-refractivity contribution in [2.24, 2.45) is 5.92 Å². The molecule has 0 bridgehead atoms. The number of fused-ring (bicyclic) bond motifs is 1. The van der Waals surface area contributed by atoms with Crippen LogP contribution >= 0.6 is 11.3 Å². The van der Waals surface area contributed by atoms with Crippen molar-refractivity contribution in [3.05, 3.63) is 45.8 Å². The van der Waals surface area contributed by atoms with Crippen LogP contribution in [0.5, 0.6) is 5.75 Å². The maximum absolute atomic E-state index is 12.4. The van der Waals surface area contributed by atoms with Gasteiger partial charge >= 0.3 is 5.97 Å². The van der Waals surface area contributed by atoms with Crippen LogP contribution in [0.15, 0.2) is 24.3 Å². The monoisotopic (exact) mass is 387 g/mol. The van der Waals surface area contributed by atoms with Crippen molar-refractivity contribution in [1.29, 1.82) is 0 Å². The molecule has 1 aliphatic carbocycles. The summed E-state index contributed by atoms with van der Waals surface area (Å²) >= 11 is 1.49. The summed E-state index contributed by atoms with van der Waals surface area (Å²) in [5.74, 6) is 0.606. The van der Waals surface area contributed by atoms with Crippen LogP contribution in [0, 0.1) is 12.8 Å². The molecule has 0 aliphatic heterocycles. The van der Waals surface area contributed by atoms with Crippen LogP contribution < -0.4 is 10.1 Å². The Bertz CT molecular complexity index is 843. The van der Waals surface area contributed by atoms with Crippen molar-refractivity contribution in [1.82, 2.24) is 0 Å². The molecule has 0 unspecified atom stereocenters. The van der Waals surface area contributed by atoms with Crippen LogP contribution in [0.25, 0.3) is 0 Å². The summed E-state index contributed by atoms with van der Waals surface area (Å²) in [5.41, 5.74) is 2.61. The van der Waals surface area contributed by atoms with Gasteiger partial charge in [-0.2, -0.15) is 0 Å². The summed E-state index contributed by atoms with van der Waals surface area (Å²) in [6, 6.07) is 7.54. The molecule has 1 aromatic carbocycles. The first-order chi connectivity index (χ1) is 13.0. The number of rotatable bonds is 6. The number of hydrogen-bond donors (Lipinski definition) is 1. The molecular weight excluding hydrogens is 362 g/mol. The van der Waals surface area contributed by atoms with Gasteiger partial charge in [-0.25, -0.2) is 4.79 Å². The Morgan fingerprint density at radius 2 is 2.15 bits per heavy atom. The summed E-state index contributed by atoms with van der Waals surface area (Å²) in [4.78, 5) is 25.9. The minimum Gasteiger partial charge on any atom is -0.484 e. The average molecular weight is 388 g/mol. The van der Waals surface area contributed by atoms with Crippen LogP contribution in [-0.2, 0) is 22.4 Å². The number of aryl methyl sites for hydroxylation is 1. The SMILES string of the molecule is CC[C@H]1CCc2c(sc(NC(=O)COc3cccc(C)c3)c2C(=O)OC)C1. The largest absolute Gasteiger partial charge is 0.484 e. The number of methoxy groups -OCH3 is 1. The number of esters is 1. The summed E-state index contributed by atoms with van der Waals surface area (Å²) in [6.45, 7) is 4.05. The van der Waals surface area contributed by atoms with E-state index in [9.17, 15) is 9.59 Å². The molecule has 0 fully saturated rings. The Morgan fingerprint density at radius 1 is 1.33 bits per heavy atom. The summed E-state index contributed by atoms with van der Waals surface area (Å²) in [7, 11) is 1.37. The van der Waals surface area contributed by atoms with Crippen LogP contribution in [0.4, 0.5) is 5.00 Å². The molecule has 1 amide bonds. The zero-order valence-electron chi connectivity index (χ0n) is 16.0. The predicted molar refractivity (Wildman–Crippen MR) is 107 cm³/mol. The lowest BCUT2D eigenvalue weighted by atomic mass is 9.86. The molecule has 5 nitrogen and oxygen atoms in total. The molecule has 1 atom stereocenters. The number of nitrogens with one attached hydrogen (secondary N) is 1. The van der Waals surface area contributed by atoms with Crippen LogP contribution in [0.2, 0.25) is 0 Å². The summed E-state index contributed by atoms with van der Waals surface area (Å²) < 4.78 is 10.5. The second-order valence-electron chi connectivity index (χ2n) is 6.87. The number of benzene rings is 1. The Balaban J connectivity index is 1.74. The number of thiophene rings is 1. The van der Waals surface area contributed by atoms with Crippen molar-refractivity contribution in [3.63, 3.8) is 0 Å². The van der Waals surface area contributed by atoms with Gasteiger partial charge in [0.05, 0.1) is 12.7 Å². The molecule has 1 N–H and O–H groups in total. The smallest absolute Gasteiger partial charge is 0.341 e. The first kappa shape index (κ1) is 19.4. The van der Waals surface area contributed by atoms with Crippen molar-refractivity contribution in [2.75, 3.05) is 19.0 Å². The minimum atomic E-state index is -0.391. The molecule has 0 spiro atoms. The third-order valence-corrected chi connectivity index (χ3v) is 6.12. The average Bonchev–Trinajstić information content (AvgIpc) is 3.02. The van der Waals surface area contributed by atoms with Crippen LogP contribution in [-0.4, -0.2) is 25.6 Å². The lowest BCUT2D eigenvalue weighted by Crippen LogP contribution is -2.21. The van der Waals surface area contributed by atoms with Gasteiger partial charge in [-0.15, -0.1) is 11.3 Å². The molecule has 1 aromatic heterocycles. The van der Waals surface area contributed by atoms with Crippen molar-refractivity contribution >= 4 is 28.2 Å². The molecule has 2 aromatic rings. The highest BCUT2D eigenvalue weighted by Gasteiger charge is 2.29. The first-order valence-electron chi connectivity index (χ1n) is 9.24. The number of hydrogen-bond acceptors (Lipinski definition) is 5. The van der Waals surface area contributed by atoms with Gasteiger partial charge in [0.1, 0.15) is 10.8 Å². The second kappa shape index (κ2) is 8.57. The van der Waals surface area contributed by atoms with E-state index in [1.54, 1.807) is 0 Å². The van der Waals surface area contributed by atoms with E-state index in [2.05, 4.69) is 12.2 Å². The highest BCUT2D eigenvalue weighted by Crippen LogP contribution is 2.40. The lowest BCUT2D eigenvalue weighted by molar-refractivity contribution is -0.118. The zero-order valence-corrected chi connectivity index (χ0v) is 16.8. The van der Waals surface area contributed by atoms with E-state index in [1.165, 1.54) is 23.3 Å². The number of ether oxygens (including phenoxy) is 2. The fraction of sp³-hybridized carbons (Fsp3) is 0.429. The van der Waals surface area contributed by atoms with E-state index < -0.39 is 5.97 Å². The zero-order chi connectivity index (χ0) is 19.4. The Hall–Kier alpha value is -2.34. The highest BCUT2D eigenvalue weighted by atomic mass is 32.1. The van der Waals surface area contributed by atoms with E-state index in [0.717, 1.165) is 36.8 Å². The van der Waals surface area contributed by atoms with E-state index in [0.29, 0.717) is 22.2 Å². The molecule has 0 saturated carbocycles. The predicted octanol–water partition coefficient (Wildman–Crippen LogP) is 4.38. The Kier molecular flexibility index (Phi) is 6.16. The standard InChI is InChI=1S/C21H25NO4S/c1-4-14-8-9-16-17(11-14)27-20(19(16)21(24)25-3)22-18(23)12-26-15-7-5-6-13(2)10-15/h5-7,10,14H,4,8-9,11-12H2,1-3H3,(H,22,23)/t14-/m0/s1. The van der Waals surface area contributed by atoms with Gasteiger partial charge in [0, 0.05) is 4.88 Å². The van der Waals surface area contributed by atoms with Gasteiger partial charge in [0.25, 0.3) is 5.91 Å². The van der Waals surface area contributed by atoms with E-state index in [1.807, 2.05) is 31.2 Å². The van der Waals surface area contributed by atoms with Crippen molar-refractivity contribution in [3.8, 4) is 5.75 Å². The quantitative estimate of drug-likeness (QED) is 0.747. The number of amides is 1. The normalized spacial score (nSPS) is 15.7. The minimum absolute atomic E-state index is 0.107. The highest BCUT2D eigenvalue weighted by molar-refractivity contribution is 7.17.